The Balaban J connectivity index is 1.93. The third kappa shape index (κ3) is 3.29. The molecule has 0 saturated heterocycles. The second-order valence-corrected chi connectivity index (χ2v) is 7.37. The third-order valence-electron chi connectivity index (χ3n) is 3.60. The van der Waals surface area contributed by atoms with Gasteiger partial charge in [0, 0.05) is 22.9 Å². The molecule has 1 saturated carbocycles. The standard InChI is InChI=1S/C14H24N2S/c1-13(2,3)12-16-11(10-17-12)9-15-14(4)7-5-6-8-14/h10,15H,5-9H2,1-4H3. The topological polar surface area (TPSA) is 24.9 Å². The summed E-state index contributed by atoms with van der Waals surface area (Å²) in [5, 5.41) is 7.13. The monoisotopic (exact) mass is 252 g/mol. The Morgan fingerprint density at radius 3 is 2.53 bits per heavy atom. The quantitative estimate of drug-likeness (QED) is 0.883. The number of aromatic nitrogens is 1. The van der Waals surface area contributed by atoms with Crippen molar-refractivity contribution in [2.45, 2.75) is 70.9 Å². The van der Waals surface area contributed by atoms with Crippen molar-refractivity contribution < 1.29 is 0 Å². The summed E-state index contributed by atoms with van der Waals surface area (Å²) in [6, 6.07) is 0. The van der Waals surface area contributed by atoms with E-state index in [1.54, 1.807) is 11.3 Å². The normalized spacial score (nSPS) is 19.8. The van der Waals surface area contributed by atoms with Crippen LogP contribution in [0.25, 0.3) is 0 Å². The summed E-state index contributed by atoms with van der Waals surface area (Å²) in [6.07, 6.45) is 5.36. The maximum Gasteiger partial charge on any atom is 0.0982 e. The number of rotatable bonds is 3. The Hall–Kier alpha value is -0.410. The van der Waals surface area contributed by atoms with Gasteiger partial charge < -0.3 is 5.32 Å². The summed E-state index contributed by atoms with van der Waals surface area (Å²) in [6.45, 7) is 9.93. The Kier molecular flexibility index (Phi) is 3.60. The molecular weight excluding hydrogens is 228 g/mol. The van der Waals surface area contributed by atoms with Gasteiger partial charge in [-0.15, -0.1) is 11.3 Å². The summed E-state index contributed by atoms with van der Waals surface area (Å²) < 4.78 is 0. The fourth-order valence-electron chi connectivity index (χ4n) is 2.37. The second kappa shape index (κ2) is 4.69. The van der Waals surface area contributed by atoms with Crippen LogP contribution in [0.3, 0.4) is 0 Å². The van der Waals surface area contributed by atoms with Crippen molar-refractivity contribution in [1.29, 1.82) is 0 Å². The molecule has 1 aliphatic carbocycles. The molecule has 0 aromatic carbocycles. The van der Waals surface area contributed by atoms with Gasteiger partial charge in [0.25, 0.3) is 0 Å². The van der Waals surface area contributed by atoms with E-state index < -0.39 is 0 Å². The zero-order chi connectivity index (χ0) is 12.5. The number of thiazole rings is 1. The van der Waals surface area contributed by atoms with Crippen molar-refractivity contribution in [1.82, 2.24) is 10.3 Å². The highest BCUT2D eigenvalue weighted by Gasteiger charge is 2.28. The lowest BCUT2D eigenvalue weighted by molar-refractivity contribution is 0.360. The summed E-state index contributed by atoms with van der Waals surface area (Å²) in [5.74, 6) is 0. The van der Waals surface area contributed by atoms with Crippen LogP contribution in [0.4, 0.5) is 0 Å². The number of nitrogens with zero attached hydrogens (tertiary/aromatic N) is 1. The molecule has 0 spiro atoms. The van der Waals surface area contributed by atoms with Crippen molar-refractivity contribution in [2.75, 3.05) is 0 Å². The van der Waals surface area contributed by atoms with Crippen LogP contribution < -0.4 is 5.32 Å². The number of hydrogen-bond donors (Lipinski definition) is 1. The largest absolute Gasteiger partial charge is 0.306 e. The molecule has 2 rings (SSSR count). The molecule has 0 radical (unpaired) electrons. The first-order valence-corrected chi connectivity index (χ1v) is 7.47. The molecule has 3 heteroatoms. The molecule has 1 aromatic rings. The SMILES string of the molecule is CC1(NCc2csc(C(C)(C)C)n2)CCCC1. The van der Waals surface area contributed by atoms with Crippen molar-refractivity contribution in [2.24, 2.45) is 0 Å². The molecular formula is C14H24N2S. The Bertz CT molecular complexity index is 370. The maximum atomic E-state index is 4.73. The van der Waals surface area contributed by atoms with Gasteiger partial charge in [0.15, 0.2) is 0 Å². The van der Waals surface area contributed by atoms with Crippen LogP contribution in [-0.4, -0.2) is 10.5 Å². The zero-order valence-corrected chi connectivity index (χ0v) is 12.3. The second-order valence-electron chi connectivity index (χ2n) is 6.52. The van der Waals surface area contributed by atoms with Crippen LogP contribution in [0.15, 0.2) is 5.38 Å². The van der Waals surface area contributed by atoms with Gasteiger partial charge in [0.1, 0.15) is 0 Å². The van der Waals surface area contributed by atoms with E-state index in [-0.39, 0.29) is 5.41 Å². The van der Waals surface area contributed by atoms with E-state index in [2.05, 4.69) is 38.4 Å². The fourth-order valence-corrected chi connectivity index (χ4v) is 3.28. The third-order valence-corrected chi connectivity index (χ3v) is 4.91. The highest BCUT2D eigenvalue weighted by Crippen LogP contribution is 2.30. The minimum atomic E-state index is 0.181. The summed E-state index contributed by atoms with van der Waals surface area (Å²) in [4.78, 5) is 4.73. The van der Waals surface area contributed by atoms with Gasteiger partial charge in [-0.25, -0.2) is 4.98 Å². The maximum absolute atomic E-state index is 4.73. The highest BCUT2D eigenvalue weighted by molar-refractivity contribution is 7.09. The van der Waals surface area contributed by atoms with E-state index >= 15 is 0 Å². The molecule has 0 bridgehead atoms. The average Bonchev–Trinajstić information content (AvgIpc) is 2.83. The van der Waals surface area contributed by atoms with Crippen LogP contribution in [0.5, 0.6) is 0 Å². The van der Waals surface area contributed by atoms with Crippen molar-refractivity contribution in [3.8, 4) is 0 Å². The highest BCUT2D eigenvalue weighted by atomic mass is 32.1. The first-order chi connectivity index (χ1) is 7.89. The molecule has 96 valence electrons. The van der Waals surface area contributed by atoms with Gasteiger partial charge in [-0.2, -0.15) is 0 Å². The molecule has 0 unspecified atom stereocenters. The molecule has 17 heavy (non-hydrogen) atoms. The minimum Gasteiger partial charge on any atom is -0.306 e. The molecule has 0 atom stereocenters. The van der Waals surface area contributed by atoms with Gasteiger partial charge in [-0.1, -0.05) is 33.6 Å². The lowest BCUT2D eigenvalue weighted by Gasteiger charge is -2.24. The van der Waals surface area contributed by atoms with Gasteiger partial charge in [-0.05, 0) is 19.8 Å². The molecule has 0 aliphatic heterocycles. The lowest BCUT2D eigenvalue weighted by atomic mass is 9.98. The Morgan fingerprint density at radius 2 is 2.00 bits per heavy atom. The first kappa shape index (κ1) is 13.0. The van der Waals surface area contributed by atoms with Gasteiger partial charge in [0.05, 0.1) is 10.7 Å². The van der Waals surface area contributed by atoms with Crippen LogP contribution in [0.1, 0.15) is 64.1 Å². The molecule has 1 fully saturated rings. The van der Waals surface area contributed by atoms with E-state index in [1.165, 1.54) is 36.4 Å². The van der Waals surface area contributed by atoms with Gasteiger partial charge in [-0.3, -0.25) is 0 Å². The molecule has 0 amide bonds. The van der Waals surface area contributed by atoms with Crippen molar-refractivity contribution in [3.63, 3.8) is 0 Å². The van der Waals surface area contributed by atoms with Gasteiger partial charge in [0.2, 0.25) is 0 Å². The fraction of sp³-hybridized carbons (Fsp3) is 0.786. The van der Waals surface area contributed by atoms with E-state index in [4.69, 9.17) is 4.98 Å². The van der Waals surface area contributed by atoms with E-state index in [9.17, 15) is 0 Å². The molecule has 2 nitrogen and oxygen atoms in total. The summed E-state index contributed by atoms with van der Waals surface area (Å²) in [7, 11) is 0. The van der Waals surface area contributed by atoms with Gasteiger partial charge >= 0.3 is 0 Å². The van der Waals surface area contributed by atoms with Crippen LogP contribution in [0.2, 0.25) is 0 Å². The van der Waals surface area contributed by atoms with E-state index in [0.717, 1.165) is 6.54 Å². The Morgan fingerprint density at radius 1 is 1.35 bits per heavy atom. The van der Waals surface area contributed by atoms with Crippen molar-refractivity contribution in [3.05, 3.63) is 16.1 Å². The van der Waals surface area contributed by atoms with Crippen LogP contribution >= 0.6 is 11.3 Å². The first-order valence-electron chi connectivity index (χ1n) is 6.59. The number of nitrogens with one attached hydrogen (secondary N) is 1. The summed E-state index contributed by atoms with van der Waals surface area (Å²) in [5.41, 5.74) is 1.74. The van der Waals surface area contributed by atoms with Crippen LogP contribution in [-0.2, 0) is 12.0 Å². The summed E-state index contributed by atoms with van der Waals surface area (Å²) >= 11 is 1.79. The molecule has 1 aromatic heterocycles. The lowest BCUT2D eigenvalue weighted by Crippen LogP contribution is -2.38. The molecule has 1 heterocycles. The van der Waals surface area contributed by atoms with E-state index in [1.807, 2.05) is 0 Å². The zero-order valence-electron chi connectivity index (χ0n) is 11.5. The molecule has 1 N–H and O–H groups in total. The predicted octanol–water partition coefficient (Wildman–Crippen LogP) is 3.86. The average molecular weight is 252 g/mol. The van der Waals surface area contributed by atoms with Crippen molar-refractivity contribution >= 4 is 11.3 Å². The van der Waals surface area contributed by atoms with E-state index in [0.29, 0.717) is 5.54 Å². The smallest absolute Gasteiger partial charge is 0.0982 e. The Labute approximate surface area is 109 Å². The van der Waals surface area contributed by atoms with Crippen LogP contribution in [0, 0.1) is 0 Å². The molecule has 1 aliphatic rings. The minimum absolute atomic E-state index is 0.181. The predicted molar refractivity (Wildman–Crippen MR) is 74.5 cm³/mol. The number of hydrogen-bond acceptors (Lipinski definition) is 3.